The van der Waals surface area contributed by atoms with E-state index in [-0.39, 0.29) is 6.10 Å². The van der Waals surface area contributed by atoms with Gasteiger partial charge in [-0.05, 0) is 6.42 Å². The van der Waals surface area contributed by atoms with E-state index in [2.05, 4.69) is 10.3 Å². The highest BCUT2D eigenvalue weighted by Crippen LogP contribution is 2.02. The lowest BCUT2D eigenvalue weighted by molar-refractivity contribution is 0.167. The molecule has 4 heteroatoms. The van der Waals surface area contributed by atoms with E-state index in [1.807, 2.05) is 12.3 Å². The van der Waals surface area contributed by atoms with E-state index in [1.54, 1.807) is 17.5 Å². The van der Waals surface area contributed by atoms with Gasteiger partial charge < -0.3 is 10.4 Å². The maximum absolute atomic E-state index is 9.21. The van der Waals surface area contributed by atoms with Crippen molar-refractivity contribution in [2.75, 3.05) is 6.54 Å². The number of aromatic nitrogens is 1. The van der Waals surface area contributed by atoms with Gasteiger partial charge in [-0.15, -0.1) is 11.3 Å². The number of aliphatic hydroxyl groups is 1. The molecule has 1 aromatic rings. The summed E-state index contributed by atoms with van der Waals surface area (Å²) in [6, 6.07) is 0. The van der Waals surface area contributed by atoms with Gasteiger partial charge in [0.1, 0.15) is 5.01 Å². The van der Waals surface area contributed by atoms with Crippen LogP contribution in [0.3, 0.4) is 0 Å². The molecule has 3 nitrogen and oxygen atoms in total. The number of thiazole rings is 1. The zero-order valence-electron chi connectivity index (χ0n) is 7.16. The van der Waals surface area contributed by atoms with Gasteiger partial charge in [0.25, 0.3) is 0 Å². The molecule has 1 aromatic heterocycles. The lowest BCUT2D eigenvalue weighted by Crippen LogP contribution is -2.25. The third kappa shape index (κ3) is 3.30. The standard InChI is InChI=1S/C8H14N2OS/c1-2-7(11)5-9-6-8-10-3-4-12-8/h3-4,7,9,11H,2,5-6H2,1H3. The third-order valence-corrected chi connectivity index (χ3v) is 2.39. The van der Waals surface area contributed by atoms with Gasteiger partial charge in [-0.2, -0.15) is 0 Å². The Morgan fingerprint density at radius 3 is 3.17 bits per heavy atom. The quantitative estimate of drug-likeness (QED) is 0.721. The SMILES string of the molecule is CCC(O)CNCc1nccs1. The van der Waals surface area contributed by atoms with Crippen LogP contribution in [0.4, 0.5) is 0 Å². The number of hydrogen-bond donors (Lipinski definition) is 2. The summed E-state index contributed by atoms with van der Waals surface area (Å²) in [5, 5.41) is 15.4. The minimum atomic E-state index is -0.232. The smallest absolute Gasteiger partial charge is 0.106 e. The van der Waals surface area contributed by atoms with Crippen molar-refractivity contribution in [1.29, 1.82) is 0 Å². The van der Waals surface area contributed by atoms with E-state index >= 15 is 0 Å². The second-order valence-electron chi connectivity index (χ2n) is 2.62. The van der Waals surface area contributed by atoms with Gasteiger partial charge in [0.15, 0.2) is 0 Å². The molecule has 0 radical (unpaired) electrons. The molecule has 0 amide bonds. The maximum atomic E-state index is 9.21. The monoisotopic (exact) mass is 186 g/mol. The average molecular weight is 186 g/mol. The van der Waals surface area contributed by atoms with E-state index in [0.29, 0.717) is 6.54 Å². The summed E-state index contributed by atoms with van der Waals surface area (Å²) in [5.41, 5.74) is 0. The maximum Gasteiger partial charge on any atom is 0.106 e. The molecule has 68 valence electrons. The minimum Gasteiger partial charge on any atom is -0.392 e. The Balaban J connectivity index is 2.11. The molecule has 0 aliphatic rings. The highest BCUT2D eigenvalue weighted by Gasteiger charge is 1.99. The Hall–Kier alpha value is -0.450. The number of aliphatic hydroxyl groups excluding tert-OH is 1. The van der Waals surface area contributed by atoms with Crippen molar-refractivity contribution in [3.8, 4) is 0 Å². The Morgan fingerprint density at radius 2 is 2.58 bits per heavy atom. The molecule has 0 aromatic carbocycles. The topological polar surface area (TPSA) is 45.1 Å². The van der Waals surface area contributed by atoms with Crippen LogP contribution in [0.25, 0.3) is 0 Å². The van der Waals surface area contributed by atoms with Crippen LogP contribution < -0.4 is 5.32 Å². The Bertz CT molecular complexity index is 201. The lowest BCUT2D eigenvalue weighted by Gasteiger charge is -2.07. The predicted octanol–water partition coefficient (Wildman–Crippen LogP) is 1.00. The first kappa shape index (κ1) is 9.64. The summed E-state index contributed by atoms with van der Waals surface area (Å²) in [6.07, 6.45) is 2.35. The summed E-state index contributed by atoms with van der Waals surface area (Å²) in [4.78, 5) is 4.11. The molecular weight excluding hydrogens is 172 g/mol. The van der Waals surface area contributed by atoms with Gasteiger partial charge in [0.05, 0.1) is 6.10 Å². The summed E-state index contributed by atoms with van der Waals surface area (Å²) in [7, 11) is 0. The third-order valence-electron chi connectivity index (χ3n) is 1.61. The molecule has 1 rings (SSSR count). The second kappa shape index (κ2) is 5.24. The van der Waals surface area contributed by atoms with E-state index < -0.39 is 0 Å². The molecule has 0 spiro atoms. The average Bonchev–Trinajstić information content (AvgIpc) is 2.57. The molecule has 0 saturated heterocycles. The normalized spacial score (nSPS) is 13.2. The summed E-state index contributed by atoms with van der Waals surface area (Å²) in [5.74, 6) is 0. The molecule has 1 unspecified atom stereocenters. The molecule has 1 heterocycles. The molecule has 0 aliphatic carbocycles. The van der Waals surface area contributed by atoms with Gasteiger partial charge in [-0.1, -0.05) is 6.92 Å². The largest absolute Gasteiger partial charge is 0.392 e. The molecular formula is C8H14N2OS. The number of nitrogens with one attached hydrogen (secondary N) is 1. The fraction of sp³-hybridized carbons (Fsp3) is 0.625. The highest BCUT2D eigenvalue weighted by molar-refractivity contribution is 7.09. The van der Waals surface area contributed by atoms with Crippen molar-refractivity contribution >= 4 is 11.3 Å². The minimum absolute atomic E-state index is 0.232. The Labute approximate surface area is 76.5 Å². The number of hydrogen-bond acceptors (Lipinski definition) is 4. The summed E-state index contributed by atoms with van der Waals surface area (Å²) < 4.78 is 0. The summed E-state index contributed by atoms with van der Waals surface area (Å²) in [6.45, 7) is 3.38. The number of rotatable bonds is 5. The first-order valence-electron chi connectivity index (χ1n) is 4.10. The Kier molecular flexibility index (Phi) is 4.21. The van der Waals surface area contributed by atoms with Crippen LogP contribution in [0, 0.1) is 0 Å². The van der Waals surface area contributed by atoms with Crippen LogP contribution in [0.5, 0.6) is 0 Å². The van der Waals surface area contributed by atoms with Gasteiger partial charge in [-0.25, -0.2) is 4.98 Å². The van der Waals surface area contributed by atoms with Crippen molar-refractivity contribution in [3.63, 3.8) is 0 Å². The van der Waals surface area contributed by atoms with Crippen molar-refractivity contribution in [2.45, 2.75) is 26.0 Å². The van der Waals surface area contributed by atoms with Crippen LogP contribution in [-0.4, -0.2) is 22.7 Å². The first-order chi connectivity index (χ1) is 5.83. The van der Waals surface area contributed by atoms with Crippen molar-refractivity contribution in [3.05, 3.63) is 16.6 Å². The van der Waals surface area contributed by atoms with Gasteiger partial charge >= 0.3 is 0 Å². The van der Waals surface area contributed by atoms with Gasteiger partial charge in [0.2, 0.25) is 0 Å². The highest BCUT2D eigenvalue weighted by atomic mass is 32.1. The zero-order valence-corrected chi connectivity index (χ0v) is 7.97. The molecule has 0 fully saturated rings. The Morgan fingerprint density at radius 1 is 1.75 bits per heavy atom. The second-order valence-corrected chi connectivity index (χ2v) is 3.60. The van der Waals surface area contributed by atoms with Crippen LogP contribution in [0.15, 0.2) is 11.6 Å². The van der Waals surface area contributed by atoms with Crippen molar-refractivity contribution < 1.29 is 5.11 Å². The van der Waals surface area contributed by atoms with E-state index in [0.717, 1.165) is 18.0 Å². The van der Waals surface area contributed by atoms with Crippen LogP contribution in [0.1, 0.15) is 18.4 Å². The van der Waals surface area contributed by atoms with E-state index in [4.69, 9.17) is 0 Å². The predicted molar refractivity (Wildman–Crippen MR) is 50.1 cm³/mol. The van der Waals surface area contributed by atoms with E-state index in [1.165, 1.54) is 0 Å². The molecule has 0 aliphatic heterocycles. The lowest BCUT2D eigenvalue weighted by atomic mass is 10.3. The summed E-state index contributed by atoms with van der Waals surface area (Å²) >= 11 is 1.63. The molecule has 12 heavy (non-hydrogen) atoms. The molecule has 0 bridgehead atoms. The van der Waals surface area contributed by atoms with E-state index in [9.17, 15) is 5.11 Å². The zero-order chi connectivity index (χ0) is 8.81. The van der Waals surface area contributed by atoms with Crippen LogP contribution in [0.2, 0.25) is 0 Å². The fourth-order valence-electron chi connectivity index (χ4n) is 0.830. The van der Waals surface area contributed by atoms with Crippen molar-refractivity contribution in [2.24, 2.45) is 0 Å². The van der Waals surface area contributed by atoms with Gasteiger partial charge in [-0.3, -0.25) is 0 Å². The van der Waals surface area contributed by atoms with Crippen LogP contribution >= 0.6 is 11.3 Å². The number of nitrogens with zero attached hydrogens (tertiary/aromatic N) is 1. The fourth-order valence-corrected chi connectivity index (χ4v) is 1.42. The van der Waals surface area contributed by atoms with Crippen LogP contribution in [-0.2, 0) is 6.54 Å². The first-order valence-corrected chi connectivity index (χ1v) is 4.98. The van der Waals surface area contributed by atoms with Gasteiger partial charge in [0, 0.05) is 24.7 Å². The molecule has 0 saturated carbocycles. The molecule has 1 atom stereocenters. The van der Waals surface area contributed by atoms with Crippen molar-refractivity contribution in [1.82, 2.24) is 10.3 Å². The molecule has 2 N–H and O–H groups in total.